The third kappa shape index (κ3) is 6.28. The molecule has 0 bridgehead atoms. The van der Waals surface area contributed by atoms with E-state index in [1.54, 1.807) is 54.6 Å². The third-order valence-corrected chi connectivity index (χ3v) is 4.23. The summed E-state index contributed by atoms with van der Waals surface area (Å²) in [4.78, 5) is 24.5. The van der Waals surface area contributed by atoms with E-state index in [0.717, 1.165) is 0 Å². The summed E-state index contributed by atoms with van der Waals surface area (Å²) in [5.74, 6) is 1.89. The summed E-state index contributed by atoms with van der Waals surface area (Å²) in [6.45, 7) is 0. The van der Waals surface area contributed by atoms with Crippen LogP contribution in [-0.2, 0) is 0 Å². The van der Waals surface area contributed by atoms with Gasteiger partial charge in [-0.15, -0.1) is 0 Å². The molecule has 8 nitrogen and oxygen atoms in total. The molecule has 3 aromatic carbocycles. The van der Waals surface area contributed by atoms with Gasteiger partial charge >= 0.3 is 12.2 Å². The van der Waals surface area contributed by atoms with Gasteiger partial charge in [0, 0.05) is 5.02 Å². The molecule has 160 valence electrons. The molecular weight excluding hydrogens is 424 g/mol. The van der Waals surface area contributed by atoms with Gasteiger partial charge in [-0.1, -0.05) is 11.6 Å². The molecule has 2 amide bonds. The minimum Gasteiger partial charge on any atom is -0.497 e. The molecule has 0 unspecified atom stereocenters. The zero-order valence-electron chi connectivity index (χ0n) is 16.7. The monoisotopic (exact) mass is 442 g/mol. The zero-order valence-corrected chi connectivity index (χ0v) is 17.4. The zero-order chi connectivity index (χ0) is 22.2. The fourth-order valence-electron chi connectivity index (χ4n) is 2.50. The van der Waals surface area contributed by atoms with Gasteiger partial charge < -0.3 is 18.9 Å². The molecule has 0 saturated heterocycles. The molecular formula is C22H19ClN2O6. The van der Waals surface area contributed by atoms with Crippen LogP contribution in [0.25, 0.3) is 0 Å². The van der Waals surface area contributed by atoms with Gasteiger partial charge in [-0.2, -0.15) is 0 Å². The Bertz CT molecular complexity index is 1050. The van der Waals surface area contributed by atoms with Crippen LogP contribution in [0.1, 0.15) is 0 Å². The molecule has 0 radical (unpaired) electrons. The number of rotatable bonds is 6. The number of carbonyl (C=O) groups excluding carboxylic acids is 2. The highest BCUT2D eigenvalue weighted by molar-refractivity contribution is 6.31. The van der Waals surface area contributed by atoms with Gasteiger partial charge in [-0.25, -0.2) is 9.59 Å². The molecule has 9 heteroatoms. The Kier molecular flexibility index (Phi) is 7.18. The summed E-state index contributed by atoms with van der Waals surface area (Å²) in [7, 11) is 3.08. The maximum Gasteiger partial charge on any atom is 0.417 e. The second-order valence-corrected chi connectivity index (χ2v) is 6.51. The van der Waals surface area contributed by atoms with Crippen LogP contribution in [-0.4, -0.2) is 26.4 Å². The van der Waals surface area contributed by atoms with E-state index in [1.165, 1.54) is 26.4 Å². The van der Waals surface area contributed by atoms with Crippen molar-refractivity contribution in [1.82, 2.24) is 0 Å². The molecule has 0 fully saturated rings. The number of carbonyl (C=O) groups is 2. The Labute approximate surface area is 183 Å². The summed E-state index contributed by atoms with van der Waals surface area (Å²) in [6.07, 6.45) is -1.52. The van der Waals surface area contributed by atoms with Crippen molar-refractivity contribution < 1.29 is 28.5 Å². The Morgan fingerprint density at radius 1 is 0.645 bits per heavy atom. The van der Waals surface area contributed by atoms with Crippen LogP contribution in [0, 0.1) is 0 Å². The molecule has 0 aliphatic rings. The minimum atomic E-state index is -0.765. The van der Waals surface area contributed by atoms with Crippen LogP contribution in [0.4, 0.5) is 21.0 Å². The van der Waals surface area contributed by atoms with Gasteiger partial charge in [0.15, 0.2) is 0 Å². The number of amides is 2. The summed E-state index contributed by atoms with van der Waals surface area (Å²) in [5.41, 5.74) is 0.507. The number of ether oxygens (including phenoxy) is 4. The number of anilines is 2. The maximum atomic E-state index is 12.3. The molecule has 2 N–H and O–H groups in total. The summed E-state index contributed by atoms with van der Waals surface area (Å²) in [6, 6.07) is 17.5. The predicted octanol–water partition coefficient (Wildman–Crippen LogP) is 5.58. The first-order chi connectivity index (χ1) is 15.0. The molecule has 3 aromatic rings. The summed E-state index contributed by atoms with van der Waals surface area (Å²) >= 11 is 6.03. The van der Waals surface area contributed by atoms with Crippen LogP contribution in [0.5, 0.6) is 23.0 Å². The van der Waals surface area contributed by atoms with E-state index in [1.807, 2.05) is 0 Å². The molecule has 0 atom stereocenters. The first kappa shape index (κ1) is 21.8. The van der Waals surface area contributed by atoms with E-state index < -0.39 is 12.2 Å². The summed E-state index contributed by atoms with van der Waals surface area (Å²) in [5, 5.41) is 5.47. The number of nitrogens with one attached hydrogen (secondary N) is 2. The van der Waals surface area contributed by atoms with Crippen LogP contribution in [0.15, 0.2) is 66.7 Å². The predicted molar refractivity (Wildman–Crippen MR) is 117 cm³/mol. The SMILES string of the molecule is COc1ccc(OC(=O)Nc2ccc(Cl)cc2NC(=O)Oc2ccc(OC)cc2)cc1. The molecule has 0 spiro atoms. The van der Waals surface area contributed by atoms with Gasteiger partial charge in [0.05, 0.1) is 25.6 Å². The Hall–Kier alpha value is -3.91. The molecule has 3 rings (SSSR count). The van der Waals surface area contributed by atoms with Gasteiger partial charge in [-0.3, -0.25) is 10.6 Å². The van der Waals surface area contributed by atoms with Crippen molar-refractivity contribution in [1.29, 1.82) is 0 Å². The highest BCUT2D eigenvalue weighted by Crippen LogP contribution is 2.27. The van der Waals surface area contributed by atoms with E-state index in [-0.39, 0.29) is 11.4 Å². The quantitative estimate of drug-likeness (QED) is 0.517. The van der Waals surface area contributed by atoms with E-state index in [9.17, 15) is 9.59 Å². The van der Waals surface area contributed by atoms with Crippen molar-refractivity contribution in [2.75, 3.05) is 24.9 Å². The van der Waals surface area contributed by atoms with Crippen LogP contribution in [0.3, 0.4) is 0 Å². The van der Waals surface area contributed by atoms with Crippen molar-refractivity contribution >= 4 is 35.2 Å². The smallest absolute Gasteiger partial charge is 0.417 e. The molecule has 0 aliphatic heterocycles. The lowest BCUT2D eigenvalue weighted by molar-refractivity contribution is 0.213. The van der Waals surface area contributed by atoms with E-state index in [0.29, 0.717) is 28.0 Å². The largest absolute Gasteiger partial charge is 0.497 e. The fourth-order valence-corrected chi connectivity index (χ4v) is 2.67. The van der Waals surface area contributed by atoms with Crippen molar-refractivity contribution in [3.63, 3.8) is 0 Å². The Morgan fingerprint density at radius 3 is 1.52 bits per heavy atom. The van der Waals surface area contributed by atoms with Crippen LogP contribution < -0.4 is 29.6 Å². The molecule has 0 aromatic heterocycles. The maximum absolute atomic E-state index is 12.3. The molecule has 0 saturated carbocycles. The van der Waals surface area contributed by atoms with Crippen LogP contribution >= 0.6 is 11.6 Å². The third-order valence-electron chi connectivity index (χ3n) is 4.00. The lowest BCUT2D eigenvalue weighted by atomic mass is 10.2. The lowest BCUT2D eigenvalue weighted by Gasteiger charge is -2.13. The average Bonchev–Trinajstić information content (AvgIpc) is 2.76. The first-order valence-electron chi connectivity index (χ1n) is 9.02. The number of halogens is 1. The Balaban J connectivity index is 1.66. The van der Waals surface area contributed by atoms with E-state index in [2.05, 4.69) is 10.6 Å². The standard InChI is InChI=1S/C22H19ClN2O6/c1-28-15-4-8-17(9-5-15)30-21(26)24-19-12-3-14(23)13-20(19)25-22(27)31-18-10-6-16(29-2)7-11-18/h3-13H,1-2H3,(H,24,26)(H,25,27). The fraction of sp³-hybridized carbons (Fsp3) is 0.0909. The number of methoxy groups -OCH3 is 2. The van der Waals surface area contributed by atoms with E-state index >= 15 is 0 Å². The van der Waals surface area contributed by atoms with Crippen LogP contribution in [0.2, 0.25) is 5.02 Å². The first-order valence-corrected chi connectivity index (χ1v) is 9.40. The van der Waals surface area contributed by atoms with Crippen molar-refractivity contribution in [2.24, 2.45) is 0 Å². The number of hydrogen-bond donors (Lipinski definition) is 2. The second-order valence-electron chi connectivity index (χ2n) is 6.07. The Morgan fingerprint density at radius 2 is 1.06 bits per heavy atom. The molecule has 31 heavy (non-hydrogen) atoms. The van der Waals surface area contributed by atoms with Gasteiger partial charge in [0.2, 0.25) is 0 Å². The topological polar surface area (TPSA) is 95.1 Å². The average molecular weight is 443 g/mol. The van der Waals surface area contributed by atoms with Crippen molar-refractivity contribution in [2.45, 2.75) is 0 Å². The summed E-state index contributed by atoms with van der Waals surface area (Å²) < 4.78 is 20.6. The molecule has 0 heterocycles. The van der Waals surface area contributed by atoms with Gasteiger partial charge in [0.1, 0.15) is 23.0 Å². The highest BCUT2D eigenvalue weighted by Gasteiger charge is 2.13. The van der Waals surface area contributed by atoms with Crippen molar-refractivity contribution in [3.05, 3.63) is 71.8 Å². The van der Waals surface area contributed by atoms with Gasteiger partial charge in [0.25, 0.3) is 0 Å². The highest BCUT2D eigenvalue weighted by atomic mass is 35.5. The van der Waals surface area contributed by atoms with Crippen molar-refractivity contribution in [3.8, 4) is 23.0 Å². The lowest BCUT2D eigenvalue weighted by Crippen LogP contribution is -2.21. The van der Waals surface area contributed by atoms with E-state index in [4.69, 9.17) is 30.5 Å². The number of benzene rings is 3. The molecule has 0 aliphatic carbocycles. The second kappa shape index (κ2) is 10.2. The minimum absolute atomic E-state index is 0.234. The number of hydrogen-bond acceptors (Lipinski definition) is 6. The van der Waals surface area contributed by atoms with Gasteiger partial charge in [-0.05, 0) is 66.7 Å². The normalized spacial score (nSPS) is 10.0.